The molecule has 1 aliphatic heterocycles. The molecule has 4 nitrogen and oxygen atoms in total. The van der Waals surface area contributed by atoms with Crippen molar-refractivity contribution in [1.82, 2.24) is 15.3 Å². The van der Waals surface area contributed by atoms with Crippen LogP contribution in [-0.2, 0) is 29.5 Å². The van der Waals surface area contributed by atoms with E-state index in [1.54, 1.807) is 13.8 Å². The maximum Gasteiger partial charge on any atom is 0.433 e. The van der Waals surface area contributed by atoms with Gasteiger partial charge < -0.3 is 10.1 Å². The molecule has 2 heterocycles. The predicted molar refractivity (Wildman–Crippen MR) is 62.5 cm³/mol. The van der Waals surface area contributed by atoms with Gasteiger partial charge in [0.15, 0.2) is 11.5 Å². The number of methoxy groups -OCH3 is 1. The van der Waals surface area contributed by atoms with Gasteiger partial charge in [-0.2, -0.15) is 13.2 Å². The lowest BCUT2D eigenvalue weighted by Gasteiger charge is -2.26. The zero-order valence-corrected chi connectivity index (χ0v) is 11.1. The molecule has 1 N–H and O–H groups in total. The van der Waals surface area contributed by atoms with Gasteiger partial charge in [-0.1, -0.05) is 0 Å². The van der Waals surface area contributed by atoms with E-state index in [1.165, 1.54) is 7.11 Å². The van der Waals surface area contributed by atoms with E-state index in [9.17, 15) is 13.2 Å². The van der Waals surface area contributed by atoms with E-state index in [4.69, 9.17) is 4.74 Å². The fourth-order valence-corrected chi connectivity index (χ4v) is 1.94. The van der Waals surface area contributed by atoms with Crippen LogP contribution < -0.4 is 5.32 Å². The Labute approximate surface area is 109 Å². The highest BCUT2D eigenvalue weighted by Gasteiger charge is 2.39. The largest absolute Gasteiger partial charge is 0.433 e. The van der Waals surface area contributed by atoms with Crippen LogP contribution in [0.25, 0.3) is 0 Å². The van der Waals surface area contributed by atoms with Crippen molar-refractivity contribution >= 4 is 0 Å². The average molecular weight is 275 g/mol. The molecule has 0 aromatic carbocycles. The monoisotopic (exact) mass is 275 g/mol. The van der Waals surface area contributed by atoms with Crippen LogP contribution in [0.1, 0.15) is 36.6 Å². The number of nitrogens with one attached hydrogen (secondary N) is 1. The molecule has 106 valence electrons. The molecule has 19 heavy (non-hydrogen) atoms. The van der Waals surface area contributed by atoms with Crippen molar-refractivity contribution in [3.05, 3.63) is 22.8 Å². The van der Waals surface area contributed by atoms with E-state index in [1.807, 2.05) is 0 Å². The van der Waals surface area contributed by atoms with Gasteiger partial charge in [0.2, 0.25) is 0 Å². The molecule has 0 unspecified atom stereocenters. The zero-order chi connectivity index (χ0) is 14.3. The Kier molecular flexibility index (Phi) is 3.53. The summed E-state index contributed by atoms with van der Waals surface area (Å²) in [4.78, 5) is 7.95. The number of rotatable bonds is 2. The Morgan fingerprint density at radius 3 is 2.47 bits per heavy atom. The van der Waals surface area contributed by atoms with Crippen molar-refractivity contribution in [2.24, 2.45) is 0 Å². The Hall–Kier alpha value is -1.21. The second-order valence-corrected chi connectivity index (χ2v) is 4.96. The van der Waals surface area contributed by atoms with E-state index >= 15 is 0 Å². The first-order chi connectivity index (χ1) is 8.75. The average Bonchev–Trinajstić information content (AvgIpc) is 2.36. The Bertz CT molecular complexity index is 486. The molecule has 0 saturated carbocycles. The summed E-state index contributed by atoms with van der Waals surface area (Å²) in [7, 11) is 1.43. The molecule has 0 bridgehead atoms. The molecule has 0 aliphatic carbocycles. The van der Waals surface area contributed by atoms with E-state index in [2.05, 4.69) is 15.3 Å². The minimum absolute atomic E-state index is 0.0722. The Balaban J connectivity index is 2.61. The second kappa shape index (κ2) is 4.72. The first-order valence-corrected chi connectivity index (χ1v) is 5.99. The van der Waals surface area contributed by atoms with Crippen molar-refractivity contribution < 1.29 is 17.9 Å². The molecule has 0 fully saturated rings. The van der Waals surface area contributed by atoms with Crippen LogP contribution in [0, 0.1) is 0 Å². The summed E-state index contributed by atoms with van der Waals surface area (Å²) in [5.41, 5.74) is -1.19. The van der Waals surface area contributed by atoms with Crippen LogP contribution in [0.4, 0.5) is 13.2 Å². The third-order valence-corrected chi connectivity index (χ3v) is 3.25. The van der Waals surface area contributed by atoms with Crippen molar-refractivity contribution in [2.75, 3.05) is 13.7 Å². The fraction of sp³-hybridized carbons (Fsp3) is 0.667. The van der Waals surface area contributed by atoms with Crippen LogP contribution in [0.3, 0.4) is 0 Å². The molecular weight excluding hydrogens is 259 g/mol. The summed E-state index contributed by atoms with van der Waals surface area (Å²) in [6.45, 7) is 4.07. The third kappa shape index (κ3) is 2.71. The lowest BCUT2D eigenvalue weighted by atomic mass is 10.0. The quantitative estimate of drug-likeness (QED) is 0.897. The fourth-order valence-electron chi connectivity index (χ4n) is 1.94. The summed E-state index contributed by atoms with van der Waals surface area (Å²) in [6.07, 6.45) is -4.02. The summed E-state index contributed by atoms with van der Waals surface area (Å²) in [5.74, 6) is 0.0722. The maximum absolute atomic E-state index is 13.1. The van der Waals surface area contributed by atoms with Gasteiger partial charge in [0.1, 0.15) is 5.60 Å². The minimum Gasteiger partial charge on any atom is -0.371 e. The van der Waals surface area contributed by atoms with E-state index in [0.717, 1.165) is 0 Å². The number of aromatic nitrogens is 2. The molecule has 1 aromatic rings. The smallest absolute Gasteiger partial charge is 0.371 e. The summed E-state index contributed by atoms with van der Waals surface area (Å²) in [5, 5.41) is 2.91. The van der Waals surface area contributed by atoms with Gasteiger partial charge in [0, 0.05) is 32.2 Å². The number of fused-ring (bicyclic) bond motifs is 1. The van der Waals surface area contributed by atoms with Gasteiger partial charge in [0.25, 0.3) is 0 Å². The first-order valence-electron chi connectivity index (χ1n) is 5.99. The molecule has 0 radical (unpaired) electrons. The SMILES string of the molecule is COC(C)(C)c1nc2c(c(C(F)(F)F)n1)CNCC2. The number of hydrogen-bond acceptors (Lipinski definition) is 4. The van der Waals surface area contributed by atoms with Crippen LogP contribution in [0.5, 0.6) is 0 Å². The molecule has 0 atom stereocenters. The van der Waals surface area contributed by atoms with Crippen molar-refractivity contribution in [3.8, 4) is 0 Å². The van der Waals surface area contributed by atoms with E-state index in [0.29, 0.717) is 18.7 Å². The molecule has 2 rings (SSSR count). The number of alkyl halides is 3. The number of hydrogen-bond donors (Lipinski definition) is 1. The number of nitrogens with zero attached hydrogens (tertiary/aromatic N) is 2. The Morgan fingerprint density at radius 2 is 1.89 bits per heavy atom. The van der Waals surface area contributed by atoms with Crippen LogP contribution >= 0.6 is 0 Å². The van der Waals surface area contributed by atoms with Gasteiger partial charge in [-0.3, -0.25) is 0 Å². The van der Waals surface area contributed by atoms with Crippen LogP contribution in [0.15, 0.2) is 0 Å². The second-order valence-electron chi connectivity index (χ2n) is 4.96. The van der Waals surface area contributed by atoms with Gasteiger partial charge in [0.05, 0.1) is 5.69 Å². The first kappa shape index (κ1) is 14.2. The summed E-state index contributed by atoms with van der Waals surface area (Å²) in [6, 6.07) is 0. The van der Waals surface area contributed by atoms with E-state index in [-0.39, 0.29) is 17.9 Å². The number of ether oxygens (including phenoxy) is 1. The van der Waals surface area contributed by atoms with E-state index < -0.39 is 17.5 Å². The molecule has 0 spiro atoms. The molecule has 1 aliphatic rings. The van der Waals surface area contributed by atoms with Gasteiger partial charge >= 0.3 is 6.18 Å². The lowest BCUT2D eigenvalue weighted by Crippen LogP contribution is -2.32. The number of halogens is 3. The van der Waals surface area contributed by atoms with Gasteiger partial charge in [-0.15, -0.1) is 0 Å². The van der Waals surface area contributed by atoms with Crippen LogP contribution in [0.2, 0.25) is 0 Å². The molecule has 0 amide bonds. The van der Waals surface area contributed by atoms with Gasteiger partial charge in [-0.05, 0) is 13.8 Å². The van der Waals surface area contributed by atoms with Crippen LogP contribution in [-0.4, -0.2) is 23.6 Å². The molecule has 7 heteroatoms. The molecular formula is C12H16F3N3O. The van der Waals surface area contributed by atoms with Crippen molar-refractivity contribution in [2.45, 2.75) is 38.6 Å². The van der Waals surface area contributed by atoms with Crippen molar-refractivity contribution in [1.29, 1.82) is 0 Å². The Morgan fingerprint density at radius 1 is 1.21 bits per heavy atom. The minimum atomic E-state index is -4.48. The molecule has 1 aromatic heterocycles. The third-order valence-electron chi connectivity index (χ3n) is 3.25. The highest BCUT2D eigenvalue weighted by Crippen LogP contribution is 2.34. The normalized spacial score (nSPS) is 16.3. The van der Waals surface area contributed by atoms with Crippen molar-refractivity contribution in [3.63, 3.8) is 0 Å². The predicted octanol–water partition coefficient (Wildman–Crippen LogP) is 2.02. The summed E-state index contributed by atoms with van der Waals surface area (Å²) < 4.78 is 44.4. The lowest BCUT2D eigenvalue weighted by molar-refractivity contribution is -0.142. The van der Waals surface area contributed by atoms with Gasteiger partial charge in [-0.25, -0.2) is 9.97 Å². The highest BCUT2D eigenvalue weighted by atomic mass is 19.4. The highest BCUT2D eigenvalue weighted by molar-refractivity contribution is 5.31. The standard InChI is InChI=1S/C12H16F3N3O/c1-11(2,19-3)10-17-8-4-5-16-6-7(8)9(18-10)12(13,14)15/h16H,4-6H2,1-3H3. The topological polar surface area (TPSA) is 47.0 Å². The maximum atomic E-state index is 13.1. The zero-order valence-electron chi connectivity index (χ0n) is 11.1. The summed E-state index contributed by atoms with van der Waals surface area (Å²) >= 11 is 0. The molecule has 0 saturated heterocycles.